The van der Waals surface area contributed by atoms with E-state index in [1.807, 2.05) is 18.2 Å². The third kappa shape index (κ3) is 3.93. The van der Waals surface area contributed by atoms with Gasteiger partial charge < -0.3 is 15.2 Å². The highest BCUT2D eigenvalue weighted by atomic mass is 16.5. The molecule has 17 heavy (non-hydrogen) atoms. The number of benzene rings is 1. The molecule has 3 nitrogen and oxygen atoms in total. The van der Waals surface area contributed by atoms with E-state index in [2.05, 4.69) is 6.92 Å². The van der Waals surface area contributed by atoms with Gasteiger partial charge in [0.1, 0.15) is 11.5 Å². The summed E-state index contributed by atoms with van der Waals surface area (Å²) in [6.45, 7) is 2.19. The summed E-state index contributed by atoms with van der Waals surface area (Å²) < 4.78 is 10.5. The minimum absolute atomic E-state index is 0.0439. The van der Waals surface area contributed by atoms with Crippen molar-refractivity contribution in [1.29, 1.82) is 0 Å². The maximum absolute atomic E-state index is 6.18. The van der Waals surface area contributed by atoms with Crippen molar-refractivity contribution in [3.05, 3.63) is 23.8 Å². The van der Waals surface area contributed by atoms with Crippen LogP contribution in [0.2, 0.25) is 0 Å². The molecule has 96 valence electrons. The van der Waals surface area contributed by atoms with E-state index >= 15 is 0 Å². The van der Waals surface area contributed by atoms with E-state index in [0.29, 0.717) is 0 Å². The highest BCUT2D eigenvalue weighted by molar-refractivity contribution is 5.42. The molecule has 0 aliphatic carbocycles. The van der Waals surface area contributed by atoms with Crippen LogP contribution in [0.5, 0.6) is 11.5 Å². The van der Waals surface area contributed by atoms with Crippen LogP contribution in [0.1, 0.15) is 44.2 Å². The molecule has 1 atom stereocenters. The zero-order valence-corrected chi connectivity index (χ0v) is 11.0. The lowest BCUT2D eigenvalue weighted by atomic mass is 10.0. The number of methoxy groups -OCH3 is 2. The van der Waals surface area contributed by atoms with Crippen LogP contribution in [0.3, 0.4) is 0 Å². The third-order valence-corrected chi connectivity index (χ3v) is 2.96. The summed E-state index contributed by atoms with van der Waals surface area (Å²) in [6, 6.07) is 5.85. The van der Waals surface area contributed by atoms with Gasteiger partial charge in [-0.25, -0.2) is 0 Å². The van der Waals surface area contributed by atoms with E-state index in [0.717, 1.165) is 29.9 Å². The predicted octanol–water partition coefficient (Wildman–Crippen LogP) is 3.28. The summed E-state index contributed by atoms with van der Waals surface area (Å²) in [7, 11) is 3.31. The maximum atomic E-state index is 6.18. The Labute approximate surface area is 104 Å². The highest BCUT2D eigenvalue weighted by Crippen LogP contribution is 2.30. The smallest absolute Gasteiger partial charge is 0.127 e. The Kier molecular flexibility index (Phi) is 5.84. The molecule has 0 unspecified atom stereocenters. The maximum Gasteiger partial charge on any atom is 0.127 e. The first-order chi connectivity index (χ1) is 8.22. The lowest BCUT2D eigenvalue weighted by molar-refractivity contribution is 0.387. The van der Waals surface area contributed by atoms with E-state index in [4.69, 9.17) is 15.2 Å². The first-order valence-corrected chi connectivity index (χ1v) is 6.20. The molecular weight excluding hydrogens is 214 g/mol. The molecule has 0 amide bonds. The Morgan fingerprint density at radius 1 is 1.18 bits per heavy atom. The summed E-state index contributed by atoms with van der Waals surface area (Å²) in [6.07, 6.45) is 4.60. The number of hydrogen-bond donors (Lipinski definition) is 1. The SMILES string of the molecule is CCCCC[C@H](N)c1ccc(OC)cc1OC. The number of nitrogens with two attached hydrogens (primary N) is 1. The molecule has 1 aromatic carbocycles. The van der Waals surface area contributed by atoms with Crippen molar-refractivity contribution in [2.24, 2.45) is 5.73 Å². The van der Waals surface area contributed by atoms with Gasteiger partial charge in [-0.05, 0) is 12.5 Å². The molecule has 0 spiro atoms. The van der Waals surface area contributed by atoms with Gasteiger partial charge in [0.15, 0.2) is 0 Å². The van der Waals surface area contributed by atoms with Crippen molar-refractivity contribution >= 4 is 0 Å². The molecule has 0 saturated carbocycles. The Balaban J connectivity index is 2.74. The molecule has 0 saturated heterocycles. The van der Waals surface area contributed by atoms with E-state index in [1.54, 1.807) is 14.2 Å². The Bertz CT molecular complexity index is 339. The fourth-order valence-electron chi connectivity index (χ4n) is 1.89. The molecule has 2 N–H and O–H groups in total. The Morgan fingerprint density at radius 3 is 2.53 bits per heavy atom. The fourth-order valence-corrected chi connectivity index (χ4v) is 1.89. The molecule has 1 rings (SSSR count). The molecule has 3 heteroatoms. The second-order valence-electron chi connectivity index (χ2n) is 4.21. The van der Waals surface area contributed by atoms with E-state index in [-0.39, 0.29) is 6.04 Å². The van der Waals surface area contributed by atoms with Gasteiger partial charge in [-0.3, -0.25) is 0 Å². The number of ether oxygens (including phenoxy) is 2. The number of unbranched alkanes of at least 4 members (excludes halogenated alkanes) is 2. The molecule has 0 heterocycles. The van der Waals surface area contributed by atoms with E-state index in [1.165, 1.54) is 12.8 Å². The van der Waals surface area contributed by atoms with E-state index in [9.17, 15) is 0 Å². The molecule has 0 bridgehead atoms. The molecule has 0 fully saturated rings. The Hall–Kier alpha value is -1.22. The van der Waals surface area contributed by atoms with Crippen molar-refractivity contribution in [3.63, 3.8) is 0 Å². The minimum atomic E-state index is 0.0439. The van der Waals surface area contributed by atoms with Crippen molar-refractivity contribution in [3.8, 4) is 11.5 Å². The molecule has 0 aromatic heterocycles. The Morgan fingerprint density at radius 2 is 1.94 bits per heavy atom. The molecule has 1 aromatic rings. The molecule has 0 radical (unpaired) electrons. The zero-order chi connectivity index (χ0) is 12.7. The summed E-state index contributed by atoms with van der Waals surface area (Å²) in [5.74, 6) is 1.61. The number of rotatable bonds is 7. The standard InChI is InChI=1S/C14H23NO2/c1-4-5-6-7-13(15)12-9-8-11(16-2)10-14(12)17-3/h8-10,13H,4-7,15H2,1-3H3/t13-/m0/s1. The lowest BCUT2D eigenvalue weighted by Crippen LogP contribution is -2.11. The summed E-state index contributed by atoms with van der Waals surface area (Å²) in [5, 5.41) is 0. The third-order valence-electron chi connectivity index (χ3n) is 2.96. The number of hydrogen-bond acceptors (Lipinski definition) is 3. The van der Waals surface area contributed by atoms with Crippen molar-refractivity contribution in [2.45, 2.75) is 38.6 Å². The highest BCUT2D eigenvalue weighted by Gasteiger charge is 2.12. The fraction of sp³-hybridized carbons (Fsp3) is 0.571. The van der Waals surface area contributed by atoms with Crippen LogP contribution >= 0.6 is 0 Å². The van der Waals surface area contributed by atoms with Crippen LogP contribution in [0.25, 0.3) is 0 Å². The van der Waals surface area contributed by atoms with Crippen molar-refractivity contribution < 1.29 is 9.47 Å². The van der Waals surface area contributed by atoms with Crippen molar-refractivity contribution in [1.82, 2.24) is 0 Å². The van der Waals surface area contributed by atoms with E-state index < -0.39 is 0 Å². The van der Waals surface area contributed by atoms with Crippen LogP contribution in [0.15, 0.2) is 18.2 Å². The van der Waals surface area contributed by atoms with Gasteiger partial charge in [-0.2, -0.15) is 0 Å². The van der Waals surface area contributed by atoms with Crippen LogP contribution in [0.4, 0.5) is 0 Å². The van der Waals surface area contributed by atoms with Gasteiger partial charge in [-0.1, -0.05) is 32.3 Å². The second-order valence-corrected chi connectivity index (χ2v) is 4.21. The van der Waals surface area contributed by atoms with Gasteiger partial charge in [0.05, 0.1) is 14.2 Å². The lowest BCUT2D eigenvalue weighted by Gasteiger charge is -2.16. The van der Waals surface area contributed by atoms with Crippen LogP contribution < -0.4 is 15.2 Å². The summed E-state index contributed by atoms with van der Waals surface area (Å²) in [4.78, 5) is 0. The molecule has 0 aliphatic rings. The molecular formula is C14H23NO2. The normalized spacial score (nSPS) is 12.2. The largest absolute Gasteiger partial charge is 0.497 e. The average Bonchev–Trinajstić information content (AvgIpc) is 2.38. The topological polar surface area (TPSA) is 44.5 Å². The first kappa shape index (κ1) is 13.8. The zero-order valence-electron chi connectivity index (χ0n) is 11.0. The van der Waals surface area contributed by atoms with Crippen LogP contribution in [-0.4, -0.2) is 14.2 Å². The second kappa shape index (κ2) is 7.17. The molecule has 0 aliphatic heterocycles. The summed E-state index contributed by atoms with van der Waals surface area (Å²) in [5.41, 5.74) is 7.24. The van der Waals surface area contributed by atoms with Crippen molar-refractivity contribution in [2.75, 3.05) is 14.2 Å². The average molecular weight is 237 g/mol. The van der Waals surface area contributed by atoms with Crippen LogP contribution in [-0.2, 0) is 0 Å². The monoisotopic (exact) mass is 237 g/mol. The minimum Gasteiger partial charge on any atom is -0.497 e. The predicted molar refractivity (Wildman–Crippen MR) is 70.6 cm³/mol. The van der Waals surface area contributed by atoms with Gasteiger partial charge in [0.25, 0.3) is 0 Å². The van der Waals surface area contributed by atoms with Gasteiger partial charge in [0, 0.05) is 17.7 Å². The van der Waals surface area contributed by atoms with Gasteiger partial charge in [-0.15, -0.1) is 0 Å². The van der Waals surface area contributed by atoms with Crippen LogP contribution in [0, 0.1) is 0 Å². The summed E-state index contributed by atoms with van der Waals surface area (Å²) >= 11 is 0. The van der Waals surface area contributed by atoms with Gasteiger partial charge in [0.2, 0.25) is 0 Å². The quantitative estimate of drug-likeness (QED) is 0.740. The van der Waals surface area contributed by atoms with Gasteiger partial charge >= 0.3 is 0 Å². The first-order valence-electron chi connectivity index (χ1n) is 6.20.